The standard InChI is InChI=1S/C12H15N3O3/c1-13-5-6-15(2)12-14-9-4-3-8(11(16)17)7-10(9)18-12/h3-4,7,13H,5-6H2,1-2H3,(H,16,17). The van der Waals surface area contributed by atoms with Gasteiger partial charge in [0, 0.05) is 20.1 Å². The highest BCUT2D eigenvalue weighted by Crippen LogP contribution is 2.22. The largest absolute Gasteiger partial charge is 0.478 e. The van der Waals surface area contributed by atoms with Crippen LogP contribution in [0.5, 0.6) is 0 Å². The molecule has 0 amide bonds. The van der Waals surface area contributed by atoms with Gasteiger partial charge in [0.25, 0.3) is 6.01 Å². The zero-order chi connectivity index (χ0) is 13.1. The molecule has 0 fully saturated rings. The van der Waals surface area contributed by atoms with Crippen LogP contribution in [-0.2, 0) is 0 Å². The fourth-order valence-electron chi connectivity index (χ4n) is 1.58. The molecule has 6 nitrogen and oxygen atoms in total. The first kappa shape index (κ1) is 12.4. The highest BCUT2D eigenvalue weighted by molar-refractivity contribution is 5.92. The van der Waals surface area contributed by atoms with Crippen molar-refractivity contribution in [2.45, 2.75) is 0 Å². The maximum atomic E-state index is 10.8. The highest BCUT2D eigenvalue weighted by atomic mass is 16.4. The lowest BCUT2D eigenvalue weighted by molar-refractivity contribution is 0.0697. The second kappa shape index (κ2) is 5.05. The van der Waals surface area contributed by atoms with Crippen molar-refractivity contribution < 1.29 is 14.3 Å². The maximum Gasteiger partial charge on any atom is 0.335 e. The zero-order valence-electron chi connectivity index (χ0n) is 10.3. The number of likely N-dealkylation sites (N-methyl/N-ethyl adjacent to an activating group) is 2. The Labute approximate surface area is 104 Å². The topological polar surface area (TPSA) is 78.6 Å². The molecule has 0 bridgehead atoms. The molecule has 0 spiro atoms. The average molecular weight is 249 g/mol. The molecule has 18 heavy (non-hydrogen) atoms. The molecule has 96 valence electrons. The van der Waals surface area contributed by atoms with Crippen LogP contribution in [-0.4, -0.2) is 43.2 Å². The van der Waals surface area contributed by atoms with E-state index in [1.165, 1.54) is 12.1 Å². The molecular weight excluding hydrogens is 234 g/mol. The van der Waals surface area contributed by atoms with Crippen LogP contribution in [0.15, 0.2) is 22.6 Å². The number of aromatic nitrogens is 1. The predicted molar refractivity (Wildman–Crippen MR) is 68.2 cm³/mol. The summed E-state index contributed by atoms with van der Waals surface area (Å²) in [5, 5.41) is 11.9. The molecule has 0 aliphatic rings. The van der Waals surface area contributed by atoms with E-state index < -0.39 is 5.97 Å². The summed E-state index contributed by atoms with van der Waals surface area (Å²) in [4.78, 5) is 17.0. The van der Waals surface area contributed by atoms with Gasteiger partial charge in [-0.3, -0.25) is 0 Å². The minimum absolute atomic E-state index is 0.197. The smallest absolute Gasteiger partial charge is 0.335 e. The van der Waals surface area contributed by atoms with Crippen molar-refractivity contribution in [3.05, 3.63) is 23.8 Å². The second-order valence-electron chi connectivity index (χ2n) is 4.01. The van der Waals surface area contributed by atoms with E-state index in [2.05, 4.69) is 10.3 Å². The van der Waals surface area contributed by atoms with Gasteiger partial charge in [-0.2, -0.15) is 4.98 Å². The van der Waals surface area contributed by atoms with Gasteiger partial charge in [0.05, 0.1) is 5.56 Å². The summed E-state index contributed by atoms with van der Waals surface area (Å²) >= 11 is 0. The van der Waals surface area contributed by atoms with Gasteiger partial charge in [-0.15, -0.1) is 0 Å². The molecular formula is C12H15N3O3. The number of nitrogens with one attached hydrogen (secondary N) is 1. The van der Waals surface area contributed by atoms with Crippen LogP contribution in [0.2, 0.25) is 0 Å². The van der Waals surface area contributed by atoms with Gasteiger partial charge >= 0.3 is 5.97 Å². The number of fused-ring (bicyclic) bond motifs is 1. The van der Waals surface area contributed by atoms with Crippen molar-refractivity contribution in [2.24, 2.45) is 0 Å². The second-order valence-corrected chi connectivity index (χ2v) is 4.01. The monoisotopic (exact) mass is 249 g/mol. The fraction of sp³-hybridized carbons (Fsp3) is 0.333. The number of carboxylic acids is 1. The highest BCUT2D eigenvalue weighted by Gasteiger charge is 2.12. The first-order valence-corrected chi connectivity index (χ1v) is 5.61. The number of nitrogens with zero attached hydrogens (tertiary/aromatic N) is 2. The maximum absolute atomic E-state index is 10.8. The van der Waals surface area contributed by atoms with Gasteiger partial charge in [0.1, 0.15) is 5.52 Å². The average Bonchev–Trinajstić information content (AvgIpc) is 2.78. The minimum atomic E-state index is -0.974. The predicted octanol–water partition coefficient (Wildman–Crippen LogP) is 1.18. The molecule has 1 aromatic heterocycles. The van der Waals surface area contributed by atoms with Gasteiger partial charge in [-0.05, 0) is 25.2 Å². The van der Waals surface area contributed by atoms with Crippen molar-refractivity contribution in [3.8, 4) is 0 Å². The molecule has 1 heterocycles. The summed E-state index contributed by atoms with van der Waals surface area (Å²) in [6.07, 6.45) is 0. The lowest BCUT2D eigenvalue weighted by atomic mass is 10.2. The van der Waals surface area contributed by atoms with E-state index in [1.54, 1.807) is 6.07 Å². The van der Waals surface area contributed by atoms with Crippen LogP contribution in [0, 0.1) is 0 Å². The van der Waals surface area contributed by atoms with Crippen molar-refractivity contribution in [3.63, 3.8) is 0 Å². The van der Waals surface area contributed by atoms with Crippen LogP contribution in [0.3, 0.4) is 0 Å². The number of carbonyl (C=O) groups is 1. The normalized spacial score (nSPS) is 10.8. The molecule has 0 atom stereocenters. The van der Waals surface area contributed by atoms with Crippen molar-refractivity contribution in [1.29, 1.82) is 0 Å². The third-order valence-electron chi connectivity index (χ3n) is 2.65. The Hall–Kier alpha value is -2.08. The Morgan fingerprint density at radius 2 is 2.33 bits per heavy atom. The number of hydrogen-bond donors (Lipinski definition) is 2. The molecule has 0 unspecified atom stereocenters. The van der Waals surface area contributed by atoms with Gasteiger partial charge in [-0.1, -0.05) is 0 Å². The molecule has 0 aliphatic carbocycles. The van der Waals surface area contributed by atoms with Crippen molar-refractivity contribution >= 4 is 23.1 Å². The quantitative estimate of drug-likeness (QED) is 0.828. The fourth-order valence-corrected chi connectivity index (χ4v) is 1.58. The SMILES string of the molecule is CNCCN(C)c1nc2ccc(C(=O)O)cc2o1. The van der Waals surface area contributed by atoms with E-state index in [4.69, 9.17) is 9.52 Å². The van der Waals surface area contributed by atoms with Gasteiger partial charge in [-0.25, -0.2) is 4.79 Å². The van der Waals surface area contributed by atoms with E-state index in [1.807, 2.05) is 19.0 Å². The van der Waals surface area contributed by atoms with Crippen LogP contribution >= 0.6 is 0 Å². The number of oxazole rings is 1. The number of rotatable bonds is 5. The molecule has 1 aromatic carbocycles. The molecule has 2 rings (SSSR count). The van der Waals surface area contributed by atoms with E-state index >= 15 is 0 Å². The van der Waals surface area contributed by atoms with E-state index in [-0.39, 0.29) is 5.56 Å². The van der Waals surface area contributed by atoms with Crippen LogP contribution < -0.4 is 10.2 Å². The molecule has 0 radical (unpaired) electrons. The number of benzene rings is 1. The van der Waals surface area contributed by atoms with Crippen LogP contribution in [0.4, 0.5) is 6.01 Å². The third kappa shape index (κ3) is 2.43. The molecule has 2 N–H and O–H groups in total. The Bertz CT molecular complexity index is 565. The minimum Gasteiger partial charge on any atom is -0.478 e. The molecule has 2 aromatic rings. The van der Waals surface area contributed by atoms with E-state index in [0.717, 1.165) is 13.1 Å². The number of aromatic carboxylic acids is 1. The number of hydrogen-bond acceptors (Lipinski definition) is 5. The Morgan fingerprint density at radius 3 is 3.00 bits per heavy atom. The van der Waals surface area contributed by atoms with Gasteiger partial charge in [0.2, 0.25) is 0 Å². The van der Waals surface area contributed by atoms with Crippen molar-refractivity contribution in [2.75, 3.05) is 32.1 Å². The summed E-state index contributed by atoms with van der Waals surface area (Å²) in [6, 6.07) is 5.14. The first-order valence-electron chi connectivity index (χ1n) is 5.61. The number of carboxylic acid groups (broad SMARTS) is 1. The Kier molecular flexibility index (Phi) is 3.47. The van der Waals surface area contributed by atoms with Crippen LogP contribution in [0.1, 0.15) is 10.4 Å². The molecule has 0 saturated carbocycles. The third-order valence-corrected chi connectivity index (χ3v) is 2.65. The van der Waals surface area contributed by atoms with Crippen molar-refractivity contribution in [1.82, 2.24) is 10.3 Å². The lowest BCUT2D eigenvalue weighted by Gasteiger charge is -2.13. The molecule has 0 saturated heterocycles. The molecule has 0 aliphatic heterocycles. The molecule has 6 heteroatoms. The first-order chi connectivity index (χ1) is 8.61. The van der Waals surface area contributed by atoms with E-state index in [9.17, 15) is 4.79 Å². The number of anilines is 1. The summed E-state index contributed by atoms with van der Waals surface area (Å²) < 4.78 is 5.54. The van der Waals surface area contributed by atoms with Crippen LogP contribution in [0.25, 0.3) is 11.1 Å². The van der Waals surface area contributed by atoms with Gasteiger partial charge < -0.3 is 19.7 Å². The Morgan fingerprint density at radius 1 is 1.56 bits per heavy atom. The van der Waals surface area contributed by atoms with E-state index in [0.29, 0.717) is 17.1 Å². The summed E-state index contributed by atoms with van der Waals surface area (Å²) in [5.74, 6) is -0.974. The summed E-state index contributed by atoms with van der Waals surface area (Å²) in [5.41, 5.74) is 1.34. The lowest BCUT2D eigenvalue weighted by Crippen LogP contribution is -2.27. The summed E-state index contributed by atoms with van der Waals surface area (Å²) in [6.45, 7) is 1.57. The van der Waals surface area contributed by atoms with Gasteiger partial charge in [0.15, 0.2) is 5.58 Å². The summed E-state index contributed by atoms with van der Waals surface area (Å²) in [7, 11) is 3.75. The zero-order valence-corrected chi connectivity index (χ0v) is 10.3. The Balaban J connectivity index is 2.29.